The standard InChI is InChI=1S/C22H20FN3S/c1-14(2)16-8-9-19-20(11-16)27-21(26-19)13-18-12-17(24-22(23)25-18)10-15-6-4-3-5-7-15/h3-9,11-12,14H,10,13H2,1-2H3. The van der Waals surface area contributed by atoms with Gasteiger partial charge in [-0.3, -0.25) is 0 Å². The summed E-state index contributed by atoms with van der Waals surface area (Å²) in [5, 5.41) is 0.940. The van der Waals surface area contributed by atoms with Crippen molar-refractivity contribution in [3.05, 3.63) is 88.2 Å². The van der Waals surface area contributed by atoms with Crippen LogP contribution in [0.4, 0.5) is 4.39 Å². The molecular formula is C22H20FN3S. The highest BCUT2D eigenvalue weighted by atomic mass is 32.1. The molecule has 3 nitrogen and oxygen atoms in total. The molecule has 0 saturated carbocycles. The van der Waals surface area contributed by atoms with Crippen molar-refractivity contribution in [1.82, 2.24) is 15.0 Å². The van der Waals surface area contributed by atoms with Gasteiger partial charge in [0.1, 0.15) is 0 Å². The lowest BCUT2D eigenvalue weighted by Crippen LogP contribution is -2.02. The van der Waals surface area contributed by atoms with Crippen LogP contribution in [-0.2, 0) is 12.8 Å². The van der Waals surface area contributed by atoms with Crippen LogP contribution in [0, 0.1) is 6.08 Å². The number of halogens is 1. The van der Waals surface area contributed by atoms with Gasteiger partial charge < -0.3 is 0 Å². The van der Waals surface area contributed by atoms with E-state index >= 15 is 0 Å². The fourth-order valence-corrected chi connectivity index (χ4v) is 4.11. The second-order valence-corrected chi connectivity index (χ2v) is 8.06. The van der Waals surface area contributed by atoms with Gasteiger partial charge >= 0.3 is 6.08 Å². The average molecular weight is 377 g/mol. The van der Waals surface area contributed by atoms with Crippen LogP contribution in [-0.4, -0.2) is 15.0 Å². The van der Waals surface area contributed by atoms with E-state index in [0.717, 1.165) is 20.8 Å². The molecule has 0 saturated heterocycles. The minimum Gasteiger partial charge on any atom is -0.241 e. The van der Waals surface area contributed by atoms with E-state index in [1.165, 1.54) is 5.56 Å². The third kappa shape index (κ3) is 4.19. The lowest BCUT2D eigenvalue weighted by atomic mass is 10.0. The monoisotopic (exact) mass is 377 g/mol. The van der Waals surface area contributed by atoms with Gasteiger partial charge in [0.05, 0.1) is 26.6 Å². The third-order valence-corrected chi connectivity index (χ3v) is 5.51. The van der Waals surface area contributed by atoms with E-state index in [1.54, 1.807) is 11.3 Å². The van der Waals surface area contributed by atoms with Crippen molar-refractivity contribution in [3.8, 4) is 0 Å². The predicted octanol–water partition coefficient (Wildman–Crippen LogP) is 5.53. The molecule has 2 aromatic heterocycles. The van der Waals surface area contributed by atoms with Crippen LogP contribution in [0.5, 0.6) is 0 Å². The Hall–Kier alpha value is -2.66. The molecular weight excluding hydrogens is 357 g/mol. The molecule has 0 fully saturated rings. The van der Waals surface area contributed by atoms with Gasteiger partial charge in [0.25, 0.3) is 0 Å². The molecule has 0 aliphatic carbocycles. The van der Waals surface area contributed by atoms with Crippen LogP contribution in [0.15, 0.2) is 54.6 Å². The summed E-state index contributed by atoms with van der Waals surface area (Å²) < 4.78 is 15.1. The largest absolute Gasteiger partial charge is 0.309 e. The zero-order valence-corrected chi connectivity index (χ0v) is 16.1. The van der Waals surface area contributed by atoms with Crippen LogP contribution in [0.1, 0.15) is 47.3 Å². The molecule has 0 unspecified atom stereocenters. The first-order chi connectivity index (χ1) is 13.1. The van der Waals surface area contributed by atoms with Gasteiger partial charge in [0.15, 0.2) is 0 Å². The van der Waals surface area contributed by atoms with Crippen molar-refractivity contribution in [2.24, 2.45) is 0 Å². The maximum Gasteiger partial charge on any atom is 0.309 e. The molecule has 0 radical (unpaired) electrons. The molecule has 5 heteroatoms. The Morgan fingerprint density at radius 3 is 2.37 bits per heavy atom. The number of rotatable bonds is 5. The van der Waals surface area contributed by atoms with E-state index in [1.807, 2.05) is 36.4 Å². The summed E-state index contributed by atoms with van der Waals surface area (Å²) in [5.74, 6) is 0.483. The number of nitrogens with zero attached hydrogens (tertiary/aromatic N) is 3. The number of aromatic nitrogens is 3. The molecule has 4 aromatic rings. The summed E-state index contributed by atoms with van der Waals surface area (Å²) in [6, 6.07) is 18.2. The normalized spacial score (nSPS) is 11.4. The molecule has 2 heterocycles. The summed E-state index contributed by atoms with van der Waals surface area (Å²) in [4.78, 5) is 12.6. The SMILES string of the molecule is CC(C)c1ccc2nc(Cc3cc(Cc4ccccc4)nc(F)n3)sc2c1. The molecule has 27 heavy (non-hydrogen) atoms. The second kappa shape index (κ2) is 7.53. The van der Waals surface area contributed by atoms with Gasteiger partial charge in [-0.25, -0.2) is 15.0 Å². The lowest BCUT2D eigenvalue weighted by Gasteiger charge is -2.04. The minimum absolute atomic E-state index is 0.483. The van der Waals surface area contributed by atoms with Crippen molar-refractivity contribution in [3.63, 3.8) is 0 Å². The van der Waals surface area contributed by atoms with E-state index < -0.39 is 6.08 Å². The van der Waals surface area contributed by atoms with Crippen LogP contribution in [0.3, 0.4) is 0 Å². The summed E-state index contributed by atoms with van der Waals surface area (Å²) >= 11 is 1.65. The smallest absolute Gasteiger partial charge is 0.241 e. The Balaban J connectivity index is 1.59. The van der Waals surface area contributed by atoms with Gasteiger partial charge in [-0.05, 0) is 35.2 Å². The Kier molecular flexibility index (Phi) is 4.94. The van der Waals surface area contributed by atoms with Crippen LogP contribution in [0.2, 0.25) is 0 Å². The van der Waals surface area contributed by atoms with Crippen molar-refractivity contribution in [2.45, 2.75) is 32.6 Å². The molecule has 0 atom stereocenters. The van der Waals surface area contributed by atoms with E-state index in [4.69, 9.17) is 0 Å². The maximum absolute atomic E-state index is 13.9. The van der Waals surface area contributed by atoms with Crippen LogP contribution < -0.4 is 0 Å². The summed E-state index contributed by atoms with van der Waals surface area (Å²) in [5.41, 5.74) is 4.74. The first-order valence-corrected chi connectivity index (χ1v) is 9.84. The number of hydrogen-bond acceptors (Lipinski definition) is 4. The predicted molar refractivity (Wildman–Crippen MR) is 108 cm³/mol. The highest BCUT2D eigenvalue weighted by molar-refractivity contribution is 7.18. The quantitative estimate of drug-likeness (QED) is 0.429. The number of fused-ring (bicyclic) bond motifs is 1. The van der Waals surface area contributed by atoms with E-state index in [-0.39, 0.29) is 0 Å². The van der Waals surface area contributed by atoms with Crippen LogP contribution >= 0.6 is 11.3 Å². The zero-order chi connectivity index (χ0) is 18.8. The Morgan fingerprint density at radius 2 is 1.63 bits per heavy atom. The highest BCUT2D eigenvalue weighted by Gasteiger charge is 2.11. The molecule has 0 bridgehead atoms. The van der Waals surface area contributed by atoms with Crippen LogP contribution in [0.25, 0.3) is 10.2 Å². The second-order valence-electron chi connectivity index (χ2n) is 6.95. The molecule has 0 aliphatic rings. The fraction of sp³-hybridized carbons (Fsp3) is 0.227. The fourth-order valence-electron chi connectivity index (χ4n) is 3.08. The third-order valence-electron chi connectivity index (χ3n) is 4.49. The summed E-state index contributed by atoms with van der Waals surface area (Å²) in [6.45, 7) is 4.36. The van der Waals surface area contributed by atoms with Gasteiger partial charge in [-0.2, -0.15) is 4.39 Å². The van der Waals surface area contributed by atoms with Crippen molar-refractivity contribution < 1.29 is 4.39 Å². The van der Waals surface area contributed by atoms with E-state index in [0.29, 0.717) is 30.1 Å². The number of hydrogen-bond donors (Lipinski definition) is 0. The molecule has 2 aromatic carbocycles. The molecule has 0 N–H and O–H groups in total. The zero-order valence-electron chi connectivity index (χ0n) is 15.3. The Labute approximate surface area is 162 Å². The van der Waals surface area contributed by atoms with Crippen molar-refractivity contribution in [1.29, 1.82) is 0 Å². The topological polar surface area (TPSA) is 38.7 Å². The van der Waals surface area contributed by atoms with E-state index in [9.17, 15) is 4.39 Å². The van der Waals surface area contributed by atoms with Gasteiger partial charge in [0.2, 0.25) is 0 Å². The Bertz CT molecular complexity index is 1070. The average Bonchev–Trinajstić information content (AvgIpc) is 3.03. The maximum atomic E-state index is 13.9. The highest BCUT2D eigenvalue weighted by Crippen LogP contribution is 2.27. The molecule has 4 rings (SSSR count). The minimum atomic E-state index is -0.679. The molecule has 0 aliphatic heterocycles. The molecule has 136 valence electrons. The Morgan fingerprint density at radius 1 is 0.889 bits per heavy atom. The number of thiazole rings is 1. The van der Waals surface area contributed by atoms with Crippen molar-refractivity contribution in [2.75, 3.05) is 0 Å². The summed E-state index contributed by atoms with van der Waals surface area (Å²) in [7, 11) is 0. The summed E-state index contributed by atoms with van der Waals surface area (Å²) in [6.07, 6.45) is 0.421. The lowest BCUT2D eigenvalue weighted by molar-refractivity contribution is 0.527. The van der Waals surface area contributed by atoms with Crippen molar-refractivity contribution >= 4 is 21.6 Å². The van der Waals surface area contributed by atoms with Gasteiger partial charge in [-0.1, -0.05) is 50.2 Å². The van der Waals surface area contributed by atoms with E-state index in [2.05, 4.69) is 47.0 Å². The molecule has 0 amide bonds. The first-order valence-electron chi connectivity index (χ1n) is 9.02. The first kappa shape index (κ1) is 17.7. The van der Waals surface area contributed by atoms with Gasteiger partial charge in [0, 0.05) is 12.8 Å². The molecule has 0 spiro atoms. The van der Waals surface area contributed by atoms with Gasteiger partial charge in [-0.15, -0.1) is 11.3 Å². The number of benzene rings is 2.